The lowest BCUT2D eigenvalue weighted by atomic mass is 10.0. The van der Waals surface area contributed by atoms with Gasteiger partial charge in [0, 0.05) is 17.3 Å². The second kappa shape index (κ2) is 7.15. The van der Waals surface area contributed by atoms with Crippen molar-refractivity contribution in [1.29, 1.82) is 0 Å². The van der Waals surface area contributed by atoms with E-state index in [-0.39, 0.29) is 12.3 Å². The maximum Gasteiger partial charge on any atom is 0.226 e. The van der Waals surface area contributed by atoms with Crippen LogP contribution in [0.4, 0.5) is 8.78 Å². The highest BCUT2D eigenvalue weighted by Crippen LogP contribution is 2.22. The molecule has 0 radical (unpaired) electrons. The molecule has 1 heterocycles. The molecule has 0 spiro atoms. The van der Waals surface area contributed by atoms with Crippen LogP contribution in [0.2, 0.25) is 0 Å². The molecule has 0 aliphatic carbocycles. The van der Waals surface area contributed by atoms with Gasteiger partial charge in [0.25, 0.3) is 0 Å². The minimum atomic E-state index is -0.644. The number of aromatic nitrogens is 2. The average molecular weight is 307 g/mol. The molecule has 0 aliphatic rings. The Labute approximate surface area is 127 Å². The fraction of sp³-hybridized carbons (Fsp3) is 0.375. The molecule has 1 amide bonds. The van der Waals surface area contributed by atoms with Crippen molar-refractivity contribution in [2.45, 2.75) is 39.2 Å². The number of carbonyl (C=O) groups excluding carboxylic acids is 1. The first-order valence-electron chi connectivity index (χ1n) is 7.24. The molecule has 118 valence electrons. The summed E-state index contributed by atoms with van der Waals surface area (Å²) in [6.07, 6.45) is 1.46. The molecule has 2 N–H and O–H groups in total. The Morgan fingerprint density at radius 2 is 2.14 bits per heavy atom. The second-order valence-corrected chi connectivity index (χ2v) is 5.29. The summed E-state index contributed by atoms with van der Waals surface area (Å²) in [4.78, 5) is 12.1. The van der Waals surface area contributed by atoms with Crippen molar-refractivity contribution in [3.63, 3.8) is 0 Å². The molecule has 4 nitrogen and oxygen atoms in total. The number of amides is 1. The van der Waals surface area contributed by atoms with Gasteiger partial charge < -0.3 is 5.32 Å². The molecule has 0 saturated heterocycles. The summed E-state index contributed by atoms with van der Waals surface area (Å²) in [7, 11) is 0. The normalized spacial score (nSPS) is 12.2. The SMILES string of the molecule is CCC[C@@H](NC(=O)Cc1cc(C)[nH]n1)c1ccc(F)cc1F. The zero-order valence-corrected chi connectivity index (χ0v) is 12.6. The largest absolute Gasteiger partial charge is 0.349 e. The number of nitrogens with one attached hydrogen (secondary N) is 2. The first-order chi connectivity index (χ1) is 10.5. The zero-order valence-electron chi connectivity index (χ0n) is 12.6. The molecule has 1 aromatic carbocycles. The van der Waals surface area contributed by atoms with Gasteiger partial charge in [0.2, 0.25) is 5.91 Å². The number of hydrogen-bond donors (Lipinski definition) is 2. The molecule has 2 rings (SSSR count). The van der Waals surface area contributed by atoms with E-state index in [0.29, 0.717) is 17.7 Å². The Kier molecular flexibility index (Phi) is 5.25. The number of carbonyl (C=O) groups is 1. The number of nitrogens with zero attached hydrogens (tertiary/aromatic N) is 1. The third-order valence-electron chi connectivity index (χ3n) is 3.35. The number of rotatable bonds is 6. The van der Waals surface area contributed by atoms with Crippen LogP contribution in [-0.2, 0) is 11.2 Å². The molecule has 0 saturated carbocycles. The first kappa shape index (κ1) is 16.1. The molecule has 0 aliphatic heterocycles. The fourth-order valence-corrected chi connectivity index (χ4v) is 2.35. The van der Waals surface area contributed by atoms with E-state index in [9.17, 15) is 13.6 Å². The highest BCUT2D eigenvalue weighted by Gasteiger charge is 2.18. The van der Waals surface area contributed by atoms with Crippen LogP contribution < -0.4 is 5.32 Å². The van der Waals surface area contributed by atoms with Gasteiger partial charge in [-0.3, -0.25) is 9.89 Å². The molecule has 22 heavy (non-hydrogen) atoms. The van der Waals surface area contributed by atoms with Gasteiger partial charge in [0.1, 0.15) is 11.6 Å². The van der Waals surface area contributed by atoms with E-state index in [1.165, 1.54) is 12.1 Å². The van der Waals surface area contributed by atoms with Crippen molar-refractivity contribution >= 4 is 5.91 Å². The highest BCUT2D eigenvalue weighted by atomic mass is 19.1. The monoisotopic (exact) mass is 307 g/mol. The molecular weight excluding hydrogens is 288 g/mol. The lowest BCUT2D eigenvalue weighted by Crippen LogP contribution is -2.30. The van der Waals surface area contributed by atoms with Crippen LogP contribution >= 0.6 is 0 Å². The molecule has 6 heteroatoms. The second-order valence-electron chi connectivity index (χ2n) is 5.29. The van der Waals surface area contributed by atoms with E-state index >= 15 is 0 Å². The summed E-state index contributed by atoms with van der Waals surface area (Å²) < 4.78 is 26.9. The van der Waals surface area contributed by atoms with E-state index in [2.05, 4.69) is 15.5 Å². The van der Waals surface area contributed by atoms with Crippen LogP contribution in [0.25, 0.3) is 0 Å². The van der Waals surface area contributed by atoms with Gasteiger partial charge in [-0.2, -0.15) is 5.10 Å². The van der Waals surface area contributed by atoms with Crippen LogP contribution in [0, 0.1) is 18.6 Å². The predicted molar refractivity (Wildman–Crippen MR) is 79.2 cm³/mol. The van der Waals surface area contributed by atoms with Crippen LogP contribution in [0.3, 0.4) is 0 Å². The molecule has 2 aromatic rings. The molecular formula is C16H19F2N3O. The quantitative estimate of drug-likeness (QED) is 0.861. The van der Waals surface area contributed by atoms with Gasteiger partial charge in [0.05, 0.1) is 18.2 Å². The summed E-state index contributed by atoms with van der Waals surface area (Å²) in [5.74, 6) is -1.52. The minimum Gasteiger partial charge on any atom is -0.349 e. The van der Waals surface area contributed by atoms with Crippen molar-refractivity contribution < 1.29 is 13.6 Å². The summed E-state index contributed by atoms with van der Waals surface area (Å²) in [5, 5.41) is 9.57. The van der Waals surface area contributed by atoms with E-state index in [0.717, 1.165) is 18.2 Å². The molecule has 0 fully saturated rings. The highest BCUT2D eigenvalue weighted by molar-refractivity contribution is 5.78. The standard InChI is InChI=1S/C16H19F2N3O/c1-3-4-15(13-6-5-11(17)8-14(13)18)19-16(22)9-12-7-10(2)20-21-12/h5-8,15H,3-4,9H2,1-2H3,(H,19,22)(H,20,21)/t15-/m1/s1. The lowest BCUT2D eigenvalue weighted by Gasteiger charge is -2.19. The number of aryl methyl sites for hydroxylation is 1. The maximum atomic E-state index is 13.9. The summed E-state index contributed by atoms with van der Waals surface area (Å²) in [6, 6.07) is 4.72. The smallest absolute Gasteiger partial charge is 0.226 e. The van der Waals surface area contributed by atoms with Crippen molar-refractivity contribution in [2.75, 3.05) is 0 Å². The Morgan fingerprint density at radius 1 is 1.36 bits per heavy atom. The lowest BCUT2D eigenvalue weighted by molar-refractivity contribution is -0.121. The van der Waals surface area contributed by atoms with Gasteiger partial charge >= 0.3 is 0 Å². The Bertz CT molecular complexity index is 655. The van der Waals surface area contributed by atoms with Gasteiger partial charge in [-0.25, -0.2) is 8.78 Å². The summed E-state index contributed by atoms with van der Waals surface area (Å²) in [6.45, 7) is 3.79. The minimum absolute atomic E-state index is 0.118. The topological polar surface area (TPSA) is 57.8 Å². The van der Waals surface area contributed by atoms with Crippen molar-refractivity contribution in [3.05, 3.63) is 52.9 Å². The molecule has 1 atom stereocenters. The van der Waals surface area contributed by atoms with Gasteiger partial charge in [0.15, 0.2) is 0 Å². The number of benzene rings is 1. The van der Waals surface area contributed by atoms with Gasteiger partial charge in [-0.15, -0.1) is 0 Å². The Balaban J connectivity index is 2.09. The van der Waals surface area contributed by atoms with E-state index < -0.39 is 17.7 Å². The number of H-pyrrole nitrogens is 1. The molecule has 1 aromatic heterocycles. The van der Waals surface area contributed by atoms with Crippen molar-refractivity contribution in [2.24, 2.45) is 0 Å². The van der Waals surface area contributed by atoms with E-state index in [1.807, 2.05) is 13.8 Å². The van der Waals surface area contributed by atoms with Crippen molar-refractivity contribution in [1.82, 2.24) is 15.5 Å². The Hall–Kier alpha value is -2.24. The van der Waals surface area contributed by atoms with Gasteiger partial charge in [-0.05, 0) is 25.5 Å². The van der Waals surface area contributed by atoms with Crippen LogP contribution in [0.15, 0.2) is 24.3 Å². The number of aromatic amines is 1. The van der Waals surface area contributed by atoms with Crippen molar-refractivity contribution in [3.8, 4) is 0 Å². The molecule has 0 unspecified atom stereocenters. The van der Waals surface area contributed by atoms with Gasteiger partial charge in [-0.1, -0.05) is 19.4 Å². The first-order valence-corrected chi connectivity index (χ1v) is 7.24. The number of hydrogen-bond acceptors (Lipinski definition) is 2. The summed E-state index contributed by atoms with van der Waals surface area (Å²) in [5.41, 5.74) is 1.80. The van der Waals surface area contributed by atoms with Crippen LogP contribution in [0.1, 0.15) is 42.8 Å². The third kappa shape index (κ3) is 4.13. The third-order valence-corrected chi connectivity index (χ3v) is 3.35. The predicted octanol–water partition coefficient (Wildman–Crippen LogP) is 3.20. The molecule has 0 bridgehead atoms. The number of halogens is 2. The summed E-state index contributed by atoms with van der Waals surface area (Å²) >= 11 is 0. The maximum absolute atomic E-state index is 13.9. The van der Waals surface area contributed by atoms with E-state index in [4.69, 9.17) is 0 Å². The zero-order chi connectivity index (χ0) is 16.1. The van der Waals surface area contributed by atoms with E-state index in [1.54, 1.807) is 6.07 Å². The fourth-order valence-electron chi connectivity index (χ4n) is 2.35. The van der Waals surface area contributed by atoms with Crippen LogP contribution in [0.5, 0.6) is 0 Å². The average Bonchev–Trinajstić information content (AvgIpc) is 2.83. The van der Waals surface area contributed by atoms with Crippen LogP contribution in [-0.4, -0.2) is 16.1 Å². The Morgan fingerprint density at radius 3 is 2.73 bits per heavy atom.